The molecular formula is C12H11BrF2N2S. The molecule has 1 aromatic carbocycles. The van der Waals surface area contributed by atoms with E-state index in [1.165, 1.54) is 6.07 Å². The number of thiophene rings is 1. The standard InChI is InChI=1S/C12H11BrF2N2S/c13-12-4-3-11(18-12)10(17-16)6-7-1-2-8(14)9(15)5-7/h1-5,10,17H,6,16H2. The SMILES string of the molecule is NNC(Cc1ccc(F)c(F)c1)c1ccc(Br)s1. The fourth-order valence-corrected chi connectivity index (χ4v) is 3.14. The van der Waals surface area contributed by atoms with Crippen molar-refractivity contribution in [2.24, 2.45) is 5.84 Å². The summed E-state index contributed by atoms with van der Waals surface area (Å²) in [6.45, 7) is 0. The molecule has 1 unspecified atom stereocenters. The summed E-state index contributed by atoms with van der Waals surface area (Å²) in [5.41, 5.74) is 3.38. The average molecular weight is 333 g/mol. The average Bonchev–Trinajstić information content (AvgIpc) is 2.77. The van der Waals surface area contributed by atoms with Crippen LogP contribution in [0.5, 0.6) is 0 Å². The number of hydrogen-bond donors (Lipinski definition) is 2. The zero-order valence-corrected chi connectivity index (χ0v) is 11.7. The van der Waals surface area contributed by atoms with Crippen LogP contribution >= 0.6 is 27.3 Å². The van der Waals surface area contributed by atoms with E-state index in [1.54, 1.807) is 17.4 Å². The van der Waals surface area contributed by atoms with Crippen molar-refractivity contribution in [2.45, 2.75) is 12.5 Å². The molecule has 2 rings (SSSR count). The Kier molecular flexibility index (Phi) is 4.45. The van der Waals surface area contributed by atoms with Gasteiger partial charge in [-0.1, -0.05) is 6.07 Å². The summed E-state index contributed by atoms with van der Waals surface area (Å²) >= 11 is 4.93. The van der Waals surface area contributed by atoms with Crippen LogP contribution < -0.4 is 11.3 Å². The van der Waals surface area contributed by atoms with E-state index in [9.17, 15) is 8.78 Å². The largest absolute Gasteiger partial charge is 0.271 e. The van der Waals surface area contributed by atoms with E-state index in [-0.39, 0.29) is 6.04 Å². The lowest BCUT2D eigenvalue weighted by molar-refractivity contribution is 0.503. The Balaban J connectivity index is 2.17. The maximum atomic E-state index is 13.1. The molecule has 0 bridgehead atoms. The van der Waals surface area contributed by atoms with Crippen LogP contribution in [0.3, 0.4) is 0 Å². The summed E-state index contributed by atoms with van der Waals surface area (Å²) in [4.78, 5) is 1.04. The number of nitrogens with one attached hydrogen (secondary N) is 1. The van der Waals surface area contributed by atoms with Gasteiger partial charge in [-0.15, -0.1) is 11.3 Å². The summed E-state index contributed by atoms with van der Waals surface area (Å²) in [5.74, 6) is 3.83. The zero-order valence-electron chi connectivity index (χ0n) is 9.29. The maximum absolute atomic E-state index is 13.1. The Morgan fingerprint density at radius 1 is 1.22 bits per heavy atom. The molecule has 6 heteroatoms. The molecule has 2 nitrogen and oxygen atoms in total. The second-order valence-corrected chi connectivity index (χ2v) is 6.31. The fraction of sp³-hybridized carbons (Fsp3) is 0.167. The minimum atomic E-state index is -0.838. The van der Waals surface area contributed by atoms with Crippen LogP contribution in [0.4, 0.5) is 8.78 Å². The molecule has 0 spiro atoms. The first-order valence-corrected chi connectivity index (χ1v) is 6.86. The summed E-state index contributed by atoms with van der Waals surface area (Å²) in [6.07, 6.45) is 0.501. The van der Waals surface area contributed by atoms with Gasteiger partial charge in [0.15, 0.2) is 11.6 Å². The molecule has 2 aromatic rings. The lowest BCUT2D eigenvalue weighted by Crippen LogP contribution is -2.29. The number of hydrazine groups is 1. The van der Waals surface area contributed by atoms with Crippen LogP contribution in [0.2, 0.25) is 0 Å². The molecule has 3 N–H and O–H groups in total. The molecule has 0 fully saturated rings. The van der Waals surface area contributed by atoms with Crippen LogP contribution in [-0.4, -0.2) is 0 Å². The lowest BCUT2D eigenvalue weighted by Gasteiger charge is -2.14. The maximum Gasteiger partial charge on any atom is 0.159 e. The smallest absolute Gasteiger partial charge is 0.159 e. The molecule has 0 aliphatic carbocycles. The first-order chi connectivity index (χ1) is 8.60. The number of hydrogen-bond acceptors (Lipinski definition) is 3. The highest BCUT2D eigenvalue weighted by atomic mass is 79.9. The first kappa shape index (κ1) is 13.6. The minimum Gasteiger partial charge on any atom is -0.271 e. The number of benzene rings is 1. The third-order valence-corrected chi connectivity index (χ3v) is 4.30. The topological polar surface area (TPSA) is 38.0 Å². The predicted octanol–water partition coefficient (Wildman–Crippen LogP) is 3.54. The van der Waals surface area contributed by atoms with Gasteiger partial charge in [-0.25, -0.2) is 8.78 Å². The van der Waals surface area contributed by atoms with E-state index >= 15 is 0 Å². The molecule has 0 saturated carbocycles. The third kappa shape index (κ3) is 3.14. The Labute approximate surface area is 116 Å². The summed E-state index contributed by atoms with van der Waals surface area (Å²) in [7, 11) is 0. The Bertz CT molecular complexity index is 545. The molecular weight excluding hydrogens is 322 g/mol. The van der Waals surface area contributed by atoms with Gasteiger partial charge in [0.1, 0.15) is 0 Å². The van der Waals surface area contributed by atoms with E-state index in [1.807, 2.05) is 12.1 Å². The van der Waals surface area contributed by atoms with E-state index in [0.717, 1.165) is 14.7 Å². The Hall–Kier alpha value is -0.820. The van der Waals surface area contributed by atoms with Crippen molar-refractivity contribution in [3.05, 3.63) is 56.2 Å². The number of nitrogens with two attached hydrogens (primary N) is 1. The van der Waals surface area contributed by atoms with E-state index < -0.39 is 11.6 Å². The molecule has 18 heavy (non-hydrogen) atoms. The van der Waals surface area contributed by atoms with Crippen molar-refractivity contribution in [2.75, 3.05) is 0 Å². The molecule has 0 saturated heterocycles. The summed E-state index contributed by atoms with van der Waals surface area (Å²) in [5, 5.41) is 0. The van der Waals surface area contributed by atoms with Gasteiger partial charge >= 0.3 is 0 Å². The van der Waals surface area contributed by atoms with Gasteiger partial charge < -0.3 is 0 Å². The van der Waals surface area contributed by atoms with Crippen molar-refractivity contribution >= 4 is 27.3 Å². The van der Waals surface area contributed by atoms with Crippen molar-refractivity contribution in [1.82, 2.24) is 5.43 Å². The second-order valence-electron chi connectivity index (χ2n) is 3.81. The summed E-state index contributed by atoms with van der Waals surface area (Å²) < 4.78 is 26.9. The normalized spacial score (nSPS) is 12.7. The van der Waals surface area contributed by atoms with Crippen LogP contribution in [0.25, 0.3) is 0 Å². The van der Waals surface area contributed by atoms with Gasteiger partial charge in [0.2, 0.25) is 0 Å². The zero-order chi connectivity index (χ0) is 13.1. The van der Waals surface area contributed by atoms with Gasteiger partial charge in [-0.2, -0.15) is 0 Å². The monoisotopic (exact) mass is 332 g/mol. The van der Waals surface area contributed by atoms with Crippen LogP contribution in [0.1, 0.15) is 16.5 Å². The highest BCUT2D eigenvalue weighted by molar-refractivity contribution is 9.11. The molecule has 0 aliphatic rings. The molecule has 1 atom stereocenters. The van der Waals surface area contributed by atoms with Crippen molar-refractivity contribution < 1.29 is 8.78 Å². The Morgan fingerprint density at radius 3 is 2.56 bits per heavy atom. The van der Waals surface area contributed by atoms with E-state index in [2.05, 4.69) is 21.4 Å². The summed E-state index contributed by atoms with van der Waals surface area (Å²) in [6, 6.07) is 7.64. The van der Waals surface area contributed by atoms with Crippen LogP contribution in [0.15, 0.2) is 34.1 Å². The quantitative estimate of drug-likeness (QED) is 0.663. The number of rotatable bonds is 4. The van der Waals surface area contributed by atoms with Gasteiger partial charge in [-0.05, 0) is 52.2 Å². The second kappa shape index (κ2) is 5.88. The molecule has 0 aliphatic heterocycles. The predicted molar refractivity (Wildman–Crippen MR) is 72.1 cm³/mol. The van der Waals surface area contributed by atoms with Gasteiger partial charge in [-0.3, -0.25) is 11.3 Å². The van der Waals surface area contributed by atoms with Gasteiger partial charge in [0, 0.05) is 4.88 Å². The van der Waals surface area contributed by atoms with E-state index in [4.69, 9.17) is 5.84 Å². The minimum absolute atomic E-state index is 0.119. The number of halogens is 3. The van der Waals surface area contributed by atoms with E-state index in [0.29, 0.717) is 12.0 Å². The fourth-order valence-electron chi connectivity index (χ4n) is 1.66. The molecule has 96 valence electrons. The molecule has 0 radical (unpaired) electrons. The Morgan fingerprint density at radius 2 is 2.00 bits per heavy atom. The van der Waals surface area contributed by atoms with Gasteiger partial charge in [0.05, 0.1) is 9.83 Å². The van der Waals surface area contributed by atoms with Crippen LogP contribution in [0, 0.1) is 11.6 Å². The lowest BCUT2D eigenvalue weighted by atomic mass is 10.0. The molecule has 0 amide bonds. The van der Waals surface area contributed by atoms with Crippen molar-refractivity contribution in [3.63, 3.8) is 0 Å². The first-order valence-electron chi connectivity index (χ1n) is 5.25. The van der Waals surface area contributed by atoms with Crippen molar-refractivity contribution in [1.29, 1.82) is 0 Å². The molecule has 1 heterocycles. The molecule has 1 aromatic heterocycles. The van der Waals surface area contributed by atoms with Crippen LogP contribution in [-0.2, 0) is 6.42 Å². The third-order valence-electron chi connectivity index (χ3n) is 2.56. The highest BCUT2D eigenvalue weighted by Gasteiger charge is 2.14. The van der Waals surface area contributed by atoms with Crippen molar-refractivity contribution in [3.8, 4) is 0 Å². The highest BCUT2D eigenvalue weighted by Crippen LogP contribution is 2.29. The van der Waals surface area contributed by atoms with Gasteiger partial charge in [0.25, 0.3) is 0 Å².